The average Bonchev–Trinajstić information content (AvgIpc) is 3.20. The summed E-state index contributed by atoms with van der Waals surface area (Å²) in [6, 6.07) is 3.58. The van der Waals surface area contributed by atoms with Crippen LogP contribution in [0.2, 0.25) is 0 Å². The molecule has 2 aliphatic heterocycles. The SMILES string of the molecule is CN1C(=O)C[C@H](C(=O)N[C@H]2CCc3nccn3C2)[C@@H]1c1cccnc1. The van der Waals surface area contributed by atoms with E-state index in [0.717, 1.165) is 30.8 Å². The summed E-state index contributed by atoms with van der Waals surface area (Å²) in [4.78, 5) is 35.2. The quantitative estimate of drug-likeness (QED) is 0.902. The molecule has 2 amide bonds. The number of nitrogens with zero attached hydrogens (tertiary/aromatic N) is 4. The van der Waals surface area contributed by atoms with Gasteiger partial charge in [-0.3, -0.25) is 14.6 Å². The zero-order valence-corrected chi connectivity index (χ0v) is 14.1. The van der Waals surface area contributed by atoms with Crippen molar-refractivity contribution in [2.45, 2.75) is 37.9 Å². The minimum absolute atomic E-state index is 0.00505. The summed E-state index contributed by atoms with van der Waals surface area (Å²) in [5.41, 5.74) is 0.900. The lowest BCUT2D eigenvalue weighted by Gasteiger charge is -2.28. The summed E-state index contributed by atoms with van der Waals surface area (Å²) in [5, 5.41) is 3.15. The highest BCUT2D eigenvalue weighted by atomic mass is 16.2. The van der Waals surface area contributed by atoms with Crippen molar-refractivity contribution in [1.82, 2.24) is 24.8 Å². The molecule has 2 aromatic rings. The van der Waals surface area contributed by atoms with E-state index in [1.807, 2.05) is 18.3 Å². The van der Waals surface area contributed by atoms with Crippen molar-refractivity contribution >= 4 is 11.8 Å². The van der Waals surface area contributed by atoms with E-state index < -0.39 is 0 Å². The van der Waals surface area contributed by atoms with Crippen LogP contribution < -0.4 is 5.32 Å². The van der Waals surface area contributed by atoms with Gasteiger partial charge in [0.1, 0.15) is 5.82 Å². The molecular weight excluding hydrogens is 318 g/mol. The molecule has 1 fully saturated rings. The number of hydrogen-bond donors (Lipinski definition) is 1. The van der Waals surface area contributed by atoms with Gasteiger partial charge in [0.15, 0.2) is 0 Å². The van der Waals surface area contributed by atoms with E-state index >= 15 is 0 Å². The number of nitrogens with one attached hydrogen (secondary N) is 1. The summed E-state index contributed by atoms with van der Waals surface area (Å²) >= 11 is 0. The van der Waals surface area contributed by atoms with Crippen molar-refractivity contribution in [2.24, 2.45) is 5.92 Å². The minimum Gasteiger partial charge on any atom is -0.351 e. The number of amides is 2. The van der Waals surface area contributed by atoms with Gasteiger partial charge in [-0.15, -0.1) is 0 Å². The molecule has 2 aromatic heterocycles. The first kappa shape index (κ1) is 15.8. The Morgan fingerprint density at radius 2 is 2.24 bits per heavy atom. The van der Waals surface area contributed by atoms with Gasteiger partial charge in [0.2, 0.25) is 11.8 Å². The number of pyridine rings is 1. The molecule has 25 heavy (non-hydrogen) atoms. The first-order chi connectivity index (χ1) is 12.1. The summed E-state index contributed by atoms with van der Waals surface area (Å²) in [7, 11) is 1.76. The Bertz CT molecular complexity index is 788. The molecule has 2 aliphatic rings. The number of carbonyl (C=O) groups is 2. The third kappa shape index (κ3) is 2.90. The fourth-order valence-electron chi connectivity index (χ4n) is 3.90. The van der Waals surface area contributed by atoms with Gasteiger partial charge in [-0.1, -0.05) is 6.07 Å². The maximum absolute atomic E-state index is 12.9. The van der Waals surface area contributed by atoms with Gasteiger partial charge in [0, 0.05) is 57.3 Å². The topological polar surface area (TPSA) is 80.1 Å². The van der Waals surface area contributed by atoms with Gasteiger partial charge < -0.3 is 14.8 Å². The first-order valence-corrected chi connectivity index (χ1v) is 8.59. The van der Waals surface area contributed by atoms with Crippen LogP contribution in [0.5, 0.6) is 0 Å². The zero-order valence-electron chi connectivity index (χ0n) is 14.1. The normalized spacial score (nSPS) is 25.7. The van der Waals surface area contributed by atoms with Gasteiger partial charge in [-0.2, -0.15) is 0 Å². The molecule has 0 spiro atoms. The molecule has 0 unspecified atom stereocenters. The number of likely N-dealkylation sites (tertiary alicyclic amines) is 1. The number of aromatic nitrogens is 3. The second-order valence-corrected chi connectivity index (χ2v) is 6.79. The number of rotatable bonds is 3. The van der Waals surface area contributed by atoms with Crippen molar-refractivity contribution in [3.63, 3.8) is 0 Å². The number of hydrogen-bond acceptors (Lipinski definition) is 4. The van der Waals surface area contributed by atoms with Crippen molar-refractivity contribution in [3.05, 3.63) is 48.3 Å². The maximum Gasteiger partial charge on any atom is 0.226 e. The van der Waals surface area contributed by atoms with E-state index in [9.17, 15) is 9.59 Å². The van der Waals surface area contributed by atoms with E-state index in [-0.39, 0.29) is 36.2 Å². The van der Waals surface area contributed by atoms with Crippen LogP contribution in [-0.2, 0) is 22.6 Å². The Hall–Kier alpha value is -2.70. The van der Waals surface area contributed by atoms with E-state index in [1.54, 1.807) is 30.5 Å². The Balaban J connectivity index is 1.50. The number of fused-ring (bicyclic) bond motifs is 1. The molecule has 1 N–H and O–H groups in total. The third-order valence-corrected chi connectivity index (χ3v) is 5.23. The zero-order chi connectivity index (χ0) is 17.4. The summed E-state index contributed by atoms with van der Waals surface area (Å²) in [6.45, 7) is 0.731. The maximum atomic E-state index is 12.9. The van der Waals surface area contributed by atoms with Crippen molar-refractivity contribution < 1.29 is 9.59 Å². The van der Waals surface area contributed by atoms with Crippen molar-refractivity contribution in [3.8, 4) is 0 Å². The molecule has 1 saturated heterocycles. The summed E-state index contributed by atoms with van der Waals surface area (Å²) in [6.07, 6.45) is 9.13. The van der Waals surface area contributed by atoms with Crippen LogP contribution in [0, 0.1) is 5.92 Å². The monoisotopic (exact) mass is 339 g/mol. The highest BCUT2D eigenvalue weighted by Gasteiger charge is 2.43. The van der Waals surface area contributed by atoms with Gasteiger partial charge in [0.05, 0.1) is 12.0 Å². The second kappa shape index (κ2) is 6.31. The van der Waals surface area contributed by atoms with E-state index in [2.05, 4.69) is 19.9 Å². The Labute approximate surface area is 146 Å². The lowest BCUT2D eigenvalue weighted by molar-refractivity contribution is -0.128. The molecule has 0 aromatic carbocycles. The second-order valence-electron chi connectivity index (χ2n) is 6.79. The molecule has 7 nitrogen and oxygen atoms in total. The predicted molar refractivity (Wildman–Crippen MR) is 90.3 cm³/mol. The fraction of sp³-hybridized carbons (Fsp3) is 0.444. The highest BCUT2D eigenvalue weighted by Crippen LogP contribution is 2.36. The Morgan fingerprint density at radius 3 is 3.04 bits per heavy atom. The minimum atomic E-state index is -0.383. The van der Waals surface area contributed by atoms with E-state index in [4.69, 9.17) is 0 Å². The molecule has 0 radical (unpaired) electrons. The van der Waals surface area contributed by atoms with Gasteiger partial charge in [0.25, 0.3) is 0 Å². The van der Waals surface area contributed by atoms with Crippen LogP contribution in [0.15, 0.2) is 36.9 Å². The standard InChI is InChI=1S/C18H21N5O2/c1-22-16(24)9-14(17(22)12-3-2-6-19-10-12)18(25)21-13-4-5-15-20-7-8-23(15)11-13/h2-3,6-8,10,13-14,17H,4-5,9,11H2,1H3,(H,21,25)/t13-,14-,17-/m0/s1. The largest absolute Gasteiger partial charge is 0.351 e. The lowest BCUT2D eigenvalue weighted by Crippen LogP contribution is -2.44. The fourth-order valence-corrected chi connectivity index (χ4v) is 3.90. The third-order valence-electron chi connectivity index (χ3n) is 5.23. The highest BCUT2D eigenvalue weighted by molar-refractivity contribution is 5.90. The number of carbonyl (C=O) groups excluding carboxylic acids is 2. The van der Waals surface area contributed by atoms with Gasteiger partial charge >= 0.3 is 0 Å². The van der Waals surface area contributed by atoms with Crippen LogP contribution in [0.3, 0.4) is 0 Å². The Kier molecular flexibility index (Phi) is 3.99. The van der Waals surface area contributed by atoms with E-state index in [1.165, 1.54) is 0 Å². The van der Waals surface area contributed by atoms with Crippen molar-refractivity contribution in [1.29, 1.82) is 0 Å². The molecule has 130 valence electrons. The molecule has 0 bridgehead atoms. The smallest absolute Gasteiger partial charge is 0.226 e. The molecule has 0 saturated carbocycles. The molecular formula is C18H21N5O2. The van der Waals surface area contributed by atoms with Crippen LogP contribution in [-0.4, -0.2) is 44.3 Å². The Morgan fingerprint density at radius 1 is 1.36 bits per heavy atom. The molecule has 3 atom stereocenters. The van der Waals surface area contributed by atoms with Crippen molar-refractivity contribution in [2.75, 3.05) is 7.05 Å². The van der Waals surface area contributed by atoms with Gasteiger partial charge in [-0.25, -0.2) is 4.98 Å². The molecule has 0 aliphatic carbocycles. The number of aryl methyl sites for hydroxylation is 1. The molecule has 4 heterocycles. The lowest BCUT2D eigenvalue weighted by atomic mass is 9.93. The number of imidazole rings is 1. The summed E-state index contributed by atoms with van der Waals surface area (Å²) in [5.74, 6) is 0.620. The average molecular weight is 339 g/mol. The molecule has 4 rings (SSSR count). The predicted octanol–water partition coefficient (Wildman–Crippen LogP) is 0.929. The molecule has 7 heteroatoms. The van der Waals surface area contributed by atoms with Crippen LogP contribution >= 0.6 is 0 Å². The van der Waals surface area contributed by atoms with Crippen LogP contribution in [0.1, 0.15) is 30.3 Å². The van der Waals surface area contributed by atoms with Gasteiger partial charge in [-0.05, 0) is 18.1 Å². The van der Waals surface area contributed by atoms with E-state index in [0.29, 0.717) is 0 Å². The van der Waals surface area contributed by atoms with Crippen LogP contribution in [0.4, 0.5) is 0 Å². The van der Waals surface area contributed by atoms with Crippen LogP contribution in [0.25, 0.3) is 0 Å². The first-order valence-electron chi connectivity index (χ1n) is 8.59. The summed E-state index contributed by atoms with van der Waals surface area (Å²) < 4.78 is 2.08.